The highest BCUT2D eigenvalue weighted by Crippen LogP contribution is 2.50. The van der Waals surface area contributed by atoms with Gasteiger partial charge in [-0.25, -0.2) is 17.6 Å². The average molecular weight is 323 g/mol. The number of hydrogen-bond acceptors (Lipinski definition) is 2. The van der Waals surface area contributed by atoms with Gasteiger partial charge in [-0.05, 0) is 0 Å². The zero-order valence-electron chi connectivity index (χ0n) is 8.75. The number of alkyl halides is 10. The highest BCUT2D eigenvalue weighted by Gasteiger charge is 2.82. The van der Waals surface area contributed by atoms with Crippen molar-refractivity contribution in [3.05, 3.63) is 0 Å². The van der Waals surface area contributed by atoms with Gasteiger partial charge in [-0.2, -0.15) is 26.3 Å². The zero-order valence-corrected chi connectivity index (χ0v) is 8.75. The lowest BCUT2D eigenvalue weighted by Gasteiger charge is -2.33. The van der Waals surface area contributed by atoms with Crippen LogP contribution in [0.2, 0.25) is 0 Å². The van der Waals surface area contributed by atoms with Crippen LogP contribution in [0.15, 0.2) is 0 Å². The molecule has 0 aromatic heterocycles. The molecule has 0 radical (unpaired) electrons. The normalized spacial score (nSPS) is 32.1. The Labute approximate surface area is 102 Å². The number of rotatable bonds is 2. The molecule has 1 amide bonds. The number of carbonyl (C=O) groups excluding carboxylic acids is 1. The van der Waals surface area contributed by atoms with E-state index in [1.54, 1.807) is 0 Å². The van der Waals surface area contributed by atoms with Crippen LogP contribution in [0.4, 0.5) is 43.9 Å². The van der Waals surface area contributed by atoms with Gasteiger partial charge in [0.25, 0.3) is 18.8 Å². The number of ether oxygens (including phenoxy) is 1. The molecule has 1 heterocycles. The topological polar surface area (TPSA) is 38.3 Å². The Bertz CT molecular complexity index is 403. The number of nitrogens with one attached hydrogen (secondary N) is 1. The minimum Gasteiger partial charge on any atom is -0.313 e. The number of halogens is 10. The quantitative estimate of drug-likeness (QED) is 0.792. The summed E-state index contributed by atoms with van der Waals surface area (Å²) in [5.41, 5.74) is -10.5. The van der Waals surface area contributed by atoms with E-state index in [2.05, 4.69) is 4.74 Å². The predicted octanol–water partition coefficient (Wildman–Crippen LogP) is 2.22. The van der Waals surface area contributed by atoms with E-state index in [9.17, 15) is 48.7 Å². The highest BCUT2D eigenvalue weighted by atomic mass is 19.4. The largest absolute Gasteiger partial charge is 0.442 e. The van der Waals surface area contributed by atoms with E-state index in [1.165, 1.54) is 0 Å². The fraction of sp³-hybridized carbons (Fsp3) is 0.857. The maximum absolute atomic E-state index is 12.4. The number of carbonyl (C=O) groups is 1. The molecule has 13 heteroatoms. The summed E-state index contributed by atoms with van der Waals surface area (Å²) in [4.78, 5) is 10.9. The third-order valence-corrected chi connectivity index (χ3v) is 2.42. The molecule has 0 aromatic carbocycles. The van der Waals surface area contributed by atoms with E-state index in [-0.39, 0.29) is 5.32 Å². The minimum absolute atomic E-state index is 0.149. The molecule has 0 bridgehead atoms. The first-order valence-corrected chi connectivity index (χ1v) is 4.45. The van der Waals surface area contributed by atoms with Crippen molar-refractivity contribution in [3.63, 3.8) is 0 Å². The summed E-state index contributed by atoms with van der Waals surface area (Å²) < 4.78 is 127. The van der Waals surface area contributed by atoms with Crippen molar-refractivity contribution in [1.82, 2.24) is 5.32 Å². The van der Waals surface area contributed by atoms with Crippen LogP contribution in [0.25, 0.3) is 0 Å². The summed E-state index contributed by atoms with van der Waals surface area (Å²) in [5.74, 6) is -3.04. The van der Waals surface area contributed by atoms with Gasteiger partial charge in [0.2, 0.25) is 0 Å². The molecule has 2 unspecified atom stereocenters. The van der Waals surface area contributed by atoms with Crippen molar-refractivity contribution in [2.45, 2.75) is 36.5 Å². The molecule has 20 heavy (non-hydrogen) atoms. The molecule has 0 aromatic rings. The smallest absolute Gasteiger partial charge is 0.313 e. The molecule has 1 fully saturated rings. The minimum atomic E-state index is -6.34. The molecule has 118 valence electrons. The van der Waals surface area contributed by atoms with Crippen molar-refractivity contribution < 1.29 is 53.4 Å². The second-order valence-electron chi connectivity index (χ2n) is 3.62. The Morgan fingerprint density at radius 2 is 1.35 bits per heavy atom. The van der Waals surface area contributed by atoms with Crippen molar-refractivity contribution in [2.24, 2.45) is 0 Å². The average Bonchev–Trinajstić information content (AvgIpc) is 2.52. The SMILES string of the molecule is O=C1NC(C(F)F)(C(F)(F)F)OC1(C(F)F)C(F)(F)F. The van der Waals surface area contributed by atoms with Crippen molar-refractivity contribution >= 4 is 5.91 Å². The Kier molecular flexibility index (Phi) is 3.66. The lowest BCUT2D eigenvalue weighted by molar-refractivity contribution is -0.375. The molecule has 1 aliphatic heterocycles. The summed E-state index contributed by atoms with van der Waals surface area (Å²) >= 11 is 0. The van der Waals surface area contributed by atoms with Gasteiger partial charge in [-0.3, -0.25) is 4.79 Å². The van der Waals surface area contributed by atoms with Gasteiger partial charge >= 0.3 is 23.7 Å². The van der Waals surface area contributed by atoms with Gasteiger partial charge < -0.3 is 10.1 Å². The standard InChI is InChI=1S/C7H3F10NO2/c8-1(9)4(6(12,13)14)3(19)18-5(20-4,2(10)11)7(15,16)17/h1-2H,(H,18,19). The van der Waals surface area contributed by atoms with E-state index in [0.29, 0.717) is 0 Å². The summed E-state index contributed by atoms with van der Waals surface area (Å²) in [6, 6.07) is 0. The van der Waals surface area contributed by atoms with Crippen LogP contribution in [0.3, 0.4) is 0 Å². The number of hydrogen-bond donors (Lipinski definition) is 1. The van der Waals surface area contributed by atoms with E-state index >= 15 is 0 Å². The summed E-state index contributed by atoms with van der Waals surface area (Å²) in [6.45, 7) is 0. The second-order valence-corrected chi connectivity index (χ2v) is 3.62. The van der Waals surface area contributed by atoms with Crippen LogP contribution < -0.4 is 5.32 Å². The fourth-order valence-electron chi connectivity index (χ4n) is 1.39. The van der Waals surface area contributed by atoms with Crippen LogP contribution in [0.5, 0.6) is 0 Å². The van der Waals surface area contributed by atoms with Crippen LogP contribution in [-0.2, 0) is 9.53 Å². The first kappa shape index (κ1) is 16.8. The van der Waals surface area contributed by atoms with Gasteiger partial charge in [0.15, 0.2) is 0 Å². The third-order valence-electron chi connectivity index (χ3n) is 2.42. The predicted molar refractivity (Wildman–Crippen MR) is 38.8 cm³/mol. The molecule has 2 atom stereocenters. The van der Waals surface area contributed by atoms with E-state index in [1.807, 2.05) is 0 Å². The molecular weight excluding hydrogens is 320 g/mol. The molecule has 0 saturated carbocycles. The van der Waals surface area contributed by atoms with E-state index < -0.39 is 42.4 Å². The Hall–Kier alpha value is -1.27. The van der Waals surface area contributed by atoms with Crippen molar-refractivity contribution in [1.29, 1.82) is 0 Å². The van der Waals surface area contributed by atoms with Gasteiger partial charge in [0.1, 0.15) is 0 Å². The molecule has 1 N–H and O–H groups in total. The molecule has 0 aliphatic carbocycles. The van der Waals surface area contributed by atoms with Gasteiger partial charge in [0.05, 0.1) is 0 Å². The monoisotopic (exact) mass is 323 g/mol. The summed E-state index contributed by atoms with van der Waals surface area (Å²) in [5, 5.41) is 0.149. The lowest BCUT2D eigenvalue weighted by Crippen LogP contribution is -2.61. The molecule has 1 saturated heterocycles. The van der Waals surface area contributed by atoms with Crippen LogP contribution in [-0.4, -0.2) is 42.4 Å². The maximum Gasteiger partial charge on any atom is 0.442 e. The second kappa shape index (κ2) is 4.36. The Morgan fingerprint density at radius 3 is 1.50 bits per heavy atom. The van der Waals surface area contributed by atoms with Gasteiger partial charge in [-0.15, -0.1) is 0 Å². The molecule has 0 spiro atoms. The lowest BCUT2D eigenvalue weighted by atomic mass is 10.0. The Morgan fingerprint density at radius 1 is 0.900 bits per heavy atom. The molecule has 3 nitrogen and oxygen atoms in total. The highest BCUT2D eigenvalue weighted by molar-refractivity contribution is 5.89. The molecule has 1 aliphatic rings. The van der Waals surface area contributed by atoms with Gasteiger partial charge in [-0.1, -0.05) is 0 Å². The van der Waals surface area contributed by atoms with Gasteiger partial charge in [0, 0.05) is 0 Å². The third kappa shape index (κ3) is 1.98. The van der Waals surface area contributed by atoms with Crippen LogP contribution in [0, 0.1) is 0 Å². The summed E-state index contributed by atoms with van der Waals surface area (Å²) in [7, 11) is 0. The Balaban J connectivity index is 3.47. The van der Waals surface area contributed by atoms with Crippen LogP contribution in [0.1, 0.15) is 0 Å². The first-order valence-electron chi connectivity index (χ1n) is 4.45. The zero-order chi connectivity index (χ0) is 16.1. The van der Waals surface area contributed by atoms with Crippen LogP contribution >= 0.6 is 0 Å². The summed E-state index contributed by atoms with van der Waals surface area (Å²) in [6.07, 6.45) is -22.2. The molecular formula is C7H3F10NO2. The van der Waals surface area contributed by atoms with E-state index in [0.717, 1.165) is 0 Å². The number of amides is 1. The fourth-order valence-corrected chi connectivity index (χ4v) is 1.39. The van der Waals surface area contributed by atoms with Crippen molar-refractivity contribution in [2.75, 3.05) is 0 Å². The maximum atomic E-state index is 12.4. The first-order chi connectivity index (χ1) is 8.72. The molecule has 1 rings (SSSR count). The van der Waals surface area contributed by atoms with Crippen molar-refractivity contribution in [3.8, 4) is 0 Å². The van der Waals surface area contributed by atoms with E-state index in [4.69, 9.17) is 0 Å².